The second-order valence-electron chi connectivity index (χ2n) is 5.53. The van der Waals surface area contributed by atoms with Gasteiger partial charge in [0.25, 0.3) is 0 Å². The topological polar surface area (TPSA) is 56.7 Å². The third kappa shape index (κ3) is 6.85. The summed E-state index contributed by atoms with van der Waals surface area (Å²) in [5.41, 5.74) is -0.0554. The second-order valence-corrected chi connectivity index (χ2v) is 6.52. The van der Waals surface area contributed by atoms with Crippen molar-refractivity contribution in [1.29, 1.82) is 0 Å². The van der Waals surface area contributed by atoms with Gasteiger partial charge in [-0.15, -0.1) is 24.0 Å². The van der Waals surface area contributed by atoms with Crippen LogP contribution in [0, 0.1) is 5.41 Å². The molecule has 0 aromatic rings. The Morgan fingerprint density at radius 1 is 1.40 bits per heavy atom. The minimum atomic E-state index is -0.209. The summed E-state index contributed by atoms with van der Waals surface area (Å²) in [4.78, 5) is 4.66. The van der Waals surface area contributed by atoms with Crippen molar-refractivity contribution in [2.75, 3.05) is 31.6 Å². The van der Waals surface area contributed by atoms with E-state index in [0.717, 1.165) is 44.1 Å². The maximum atomic E-state index is 10.2. The molecule has 2 atom stereocenters. The number of aliphatic hydroxyl groups is 1. The molecule has 3 N–H and O–H groups in total. The van der Waals surface area contributed by atoms with Crippen molar-refractivity contribution in [2.45, 2.75) is 45.6 Å². The van der Waals surface area contributed by atoms with Crippen molar-refractivity contribution in [1.82, 2.24) is 10.6 Å². The lowest BCUT2D eigenvalue weighted by Crippen LogP contribution is -2.42. The van der Waals surface area contributed by atoms with Crippen molar-refractivity contribution >= 4 is 41.7 Å². The number of hydrogen-bond donors (Lipinski definition) is 3. The van der Waals surface area contributed by atoms with Gasteiger partial charge < -0.3 is 15.7 Å². The normalized spacial score (nSPS) is 26.8. The van der Waals surface area contributed by atoms with Crippen molar-refractivity contribution in [3.63, 3.8) is 0 Å². The molecule has 0 aliphatic heterocycles. The molecule has 4 nitrogen and oxygen atoms in total. The maximum Gasteiger partial charge on any atom is 0.191 e. The predicted octanol–water partition coefficient (Wildman–Crippen LogP) is 2.46. The van der Waals surface area contributed by atoms with Gasteiger partial charge >= 0.3 is 0 Å². The molecule has 0 heterocycles. The predicted molar refractivity (Wildman–Crippen MR) is 100 cm³/mol. The van der Waals surface area contributed by atoms with Gasteiger partial charge in [0.1, 0.15) is 0 Å². The number of aliphatic hydroxyl groups excluding tert-OH is 1. The van der Waals surface area contributed by atoms with Gasteiger partial charge in [0, 0.05) is 24.3 Å². The Balaban J connectivity index is 0.00000361. The van der Waals surface area contributed by atoms with E-state index in [1.54, 1.807) is 0 Å². The summed E-state index contributed by atoms with van der Waals surface area (Å²) in [6.45, 7) is 6.72. The van der Waals surface area contributed by atoms with Gasteiger partial charge in [-0.05, 0) is 26.0 Å². The summed E-state index contributed by atoms with van der Waals surface area (Å²) in [6.07, 6.45) is 6.24. The zero-order valence-electron chi connectivity index (χ0n) is 12.9. The number of nitrogens with one attached hydrogen (secondary N) is 2. The Morgan fingerprint density at radius 3 is 2.75 bits per heavy atom. The third-order valence-corrected chi connectivity index (χ3v) is 4.43. The van der Waals surface area contributed by atoms with Crippen LogP contribution in [0.15, 0.2) is 4.99 Å². The largest absolute Gasteiger partial charge is 0.392 e. The Hall–Kier alpha value is 0.310. The van der Waals surface area contributed by atoms with Crippen molar-refractivity contribution in [3.05, 3.63) is 0 Å². The molecule has 1 aliphatic rings. The summed E-state index contributed by atoms with van der Waals surface area (Å²) < 4.78 is 0. The molecule has 0 amide bonds. The van der Waals surface area contributed by atoms with Gasteiger partial charge in [0.05, 0.1) is 12.6 Å². The molecule has 2 unspecified atom stereocenters. The summed E-state index contributed by atoms with van der Waals surface area (Å²) in [7, 11) is 0. The molecule has 1 rings (SSSR count). The first-order valence-electron chi connectivity index (χ1n) is 7.31. The zero-order valence-corrected chi connectivity index (χ0v) is 16.1. The van der Waals surface area contributed by atoms with Crippen LogP contribution < -0.4 is 10.6 Å². The lowest BCUT2D eigenvalue weighted by atomic mass is 9.73. The molecule has 120 valence electrons. The molecule has 1 aliphatic carbocycles. The van der Waals surface area contributed by atoms with E-state index >= 15 is 0 Å². The molecule has 20 heavy (non-hydrogen) atoms. The van der Waals surface area contributed by atoms with Crippen LogP contribution in [0.3, 0.4) is 0 Å². The minimum absolute atomic E-state index is 0. The van der Waals surface area contributed by atoms with E-state index in [0.29, 0.717) is 6.54 Å². The van der Waals surface area contributed by atoms with E-state index in [1.807, 2.05) is 11.8 Å². The number of thioether (sulfide) groups is 1. The number of halogens is 1. The highest BCUT2D eigenvalue weighted by Gasteiger charge is 2.35. The second kappa shape index (κ2) is 11.0. The first-order valence-corrected chi connectivity index (χ1v) is 8.71. The van der Waals surface area contributed by atoms with E-state index in [4.69, 9.17) is 0 Å². The van der Waals surface area contributed by atoms with Crippen molar-refractivity contribution < 1.29 is 5.11 Å². The van der Waals surface area contributed by atoms with E-state index in [-0.39, 0.29) is 35.5 Å². The SMILES string of the molecule is CCNC(=NCC1(C)CCCCC1O)NCCSC.I. The highest BCUT2D eigenvalue weighted by molar-refractivity contribution is 14.0. The minimum Gasteiger partial charge on any atom is -0.392 e. The molecule has 0 spiro atoms. The highest BCUT2D eigenvalue weighted by Crippen LogP contribution is 2.36. The smallest absolute Gasteiger partial charge is 0.191 e. The Labute approximate surface area is 145 Å². The third-order valence-electron chi connectivity index (χ3n) is 3.82. The first-order chi connectivity index (χ1) is 9.12. The zero-order chi connectivity index (χ0) is 14.1. The summed E-state index contributed by atoms with van der Waals surface area (Å²) in [5, 5.41) is 16.8. The fourth-order valence-corrected chi connectivity index (χ4v) is 2.75. The lowest BCUT2D eigenvalue weighted by molar-refractivity contribution is 0.00716. The molecule has 0 radical (unpaired) electrons. The first kappa shape index (κ1) is 20.3. The number of rotatable bonds is 6. The average Bonchev–Trinajstić information content (AvgIpc) is 2.40. The average molecular weight is 415 g/mol. The molecule has 6 heteroatoms. The van der Waals surface area contributed by atoms with Crippen LogP contribution in [-0.4, -0.2) is 48.8 Å². The van der Waals surface area contributed by atoms with Crippen LogP contribution in [-0.2, 0) is 0 Å². The summed E-state index contributed by atoms with van der Waals surface area (Å²) in [5.74, 6) is 1.94. The monoisotopic (exact) mass is 415 g/mol. The number of hydrogen-bond acceptors (Lipinski definition) is 3. The number of guanidine groups is 1. The molecule has 0 aromatic heterocycles. The molecular weight excluding hydrogens is 385 g/mol. The van der Waals surface area contributed by atoms with Gasteiger partial charge in [-0.25, -0.2) is 0 Å². The molecule has 1 saturated carbocycles. The Kier molecular flexibility index (Phi) is 11.1. The Morgan fingerprint density at radius 2 is 2.15 bits per heavy atom. The molecule has 0 saturated heterocycles. The van der Waals surface area contributed by atoms with Crippen LogP contribution >= 0.6 is 35.7 Å². The van der Waals surface area contributed by atoms with Gasteiger partial charge in [0.15, 0.2) is 5.96 Å². The highest BCUT2D eigenvalue weighted by atomic mass is 127. The van der Waals surface area contributed by atoms with Crippen molar-refractivity contribution in [3.8, 4) is 0 Å². The number of aliphatic imine (C=N–C) groups is 1. The van der Waals surface area contributed by atoms with Gasteiger partial charge in [-0.3, -0.25) is 4.99 Å². The fourth-order valence-electron chi connectivity index (χ4n) is 2.44. The van der Waals surface area contributed by atoms with E-state index in [9.17, 15) is 5.11 Å². The van der Waals surface area contributed by atoms with Crippen LogP contribution in [0.2, 0.25) is 0 Å². The summed E-state index contributed by atoms with van der Waals surface area (Å²) in [6, 6.07) is 0. The Bertz CT molecular complexity index is 292. The molecule has 1 fully saturated rings. The maximum absolute atomic E-state index is 10.2. The molecule has 0 aromatic carbocycles. The van der Waals surface area contributed by atoms with Gasteiger partial charge in [0.2, 0.25) is 0 Å². The van der Waals surface area contributed by atoms with E-state index in [2.05, 4.69) is 35.7 Å². The van der Waals surface area contributed by atoms with Crippen molar-refractivity contribution in [2.24, 2.45) is 10.4 Å². The van der Waals surface area contributed by atoms with Crippen LogP contribution in [0.4, 0.5) is 0 Å². The molecule has 0 bridgehead atoms. The number of nitrogens with zero attached hydrogens (tertiary/aromatic N) is 1. The molecular formula is C14H30IN3OS. The van der Waals surface area contributed by atoms with Gasteiger partial charge in [-0.1, -0.05) is 19.8 Å². The van der Waals surface area contributed by atoms with E-state index in [1.165, 1.54) is 6.42 Å². The van der Waals surface area contributed by atoms with Crippen LogP contribution in [0.1, 0.15) is 39.5 Å². The quantitative estimate of drug-likeness (QED) is 0.270. The fraction of sp³-hybridized carbons (Fsp3) is 0.929. The van der Waals surface area contributed by atoms with E-state index < -0.39 is 0 Å². The standard InChI is InChI=1S/C14H29N3OS.HI/c1-4-15-13(16-9-10-19-3)17-11-14(2)8-6-5-7-12(14)18;/h12,18H,4-11H2,1-3H3,(H2,15,16,17);1H. The summed E-state index contributed by atoms with van der Waals surface area (Å²) >= 11 is 1.82. The van der Waals surface area contributed by atoms with Gasteiger partial charge in [-0.2, -0.15) is 11.8 Å². The van der Waals surface area contributed by atoms with Crippen LogP contribution in [0.25, 0.3) is 0 Å². The lowest BCUT2D eigenvalue weighted by Gasteiger charge is -2.37. The van der Waals surface area contributed by atoms with Crippen LogP contribution in [0.5, 0.6) is 0 Å².